The number of nitrogens with zero attached hydrogens (tertiary/aromatic N) is 1. The summed E-state index contributed by atoms with van der Waals surface area (Å²) in [6.45, 7) is 1.83. The van der Waals surface area contributed by atoms with Crippen LogP contribution < -0.4 is 5.73 Å². The van der Waals surface area contributed by atoms with E-state index in [2.05, 4.69) is 4.98 Å². The molecule has 0 radical (unpaired) electrons. The molecule has 0 aliphatic carbocycles. The molecule has 0 saturated carbocycles. The van der Waals surface area contributed by atoms with Gasteiger partial charge in [0.2, 0.25) is 0 Å². The number of hydrogen-bond donors (Lipinski definition) is 3. The largest absolute Gasteiger partial charge is 0.389 e. The molecular weight excluding hydrogens is 204 g/mol. The fourth-order valence-electron chi connectivity index (χ4n) is 1.13. The Morgan fingerprint density at radius 1 is 1.57 bits per heavy atom. The van der Waals surface area contributed by atoms with Gasteiger partial charge in [-0.3, -0.25) is 0 Å². The van der Waals surface area contributed by atoms with Crippen molar-refractivity contribution in [1.29, 1.82) is 0 Å². The molecule has 5 heteroatoms. The molecule has 2 atom stereocenters. The number of nitrogens with two attached hydrogens (primary N) is 1. The highest BCUT2D eigenvalue weighted by atomic mass is 35.5. The lowest BCUT2D eigenvalue weighted by molar-refractivity contribution is 0.0330. The molecule has 14 heavy (non-hydrogen) atoms. The maximum Gasteiger partial charge on any atom is 0.129 e. The van der Waals surface area contributed by atoms with E-state index in [9.17, 15) is 10.2 Å². The fourth-order valence-corrected chi connectivity index (χ4v) is 1.30. The van der Waals surface area contributed by atoms with Crippen LogP contribution in [0.5, 0.6) is 0 Å². The summed E-state index contributed by atoms with van der Waals surface area (Å²) in [6.07, 6.45) is -0.513. The zero-order chi connectivity index (χ0) is 10.7. The molecular formula is C9H13ClN2O2. The average molecular weight is 217 g/mol. The van der Waals surface area contributed by atoms with Crippen molar-refractivity contribution in [3.63, 3.8) is 0 Å². The molecule has 78 valence electrons. The molecule has 2 unspecified atom stereocenters. The maximum atomic E-state index is 9.64. The standard InChI is InChI=1S/C9H13ClN2O2/c1-5-2-6(9(11)12-4-5)8(14)7(13)3-10/h2,4,7-8,13-14H,3H2,1H3,(H2,11,12). The molecule has 4 N–H and O–H groups in total. The van der Waals surface area contributed by atoms with Crippen LogP contribution >= 0.6 is 11.6 Å². The maximum absolute atomic E-state index is 9.64. The molecule has 1 rings (SSSR count). The van der Waals surface area contributed by atoms with E-state index in [4.69, 9.17) is 17.3 Å². The van der Waals surface area contributed by atoms with Gasteiger partial charge in [0.1, 0.15) is 11.9 Å². The molecule has 1 aromatic rings. The minimum absolute atomic E-state index is 0.0471. The van der Waals surface area contributed by atoms with E-state index < -0.39 is 12.2 Å². The number of rotatable bonds is 3. The Hall–Kier alpha value is -0.840. The van der Waals surface area contributed by atoms with Crippen LogP contribution in [-0.4, -0.2) is 27.2 Å². The first-order valence-corrected chi connectivity index (χ1v) is 4.73. The monoisotopic (exact) mass is 216 g/mol. The third kappa shape index (κ3) is 2.35. The van der Waals surface area contributed by atoms with Gasteiger partial charge in [-0.1, -0.05) is 0 Å². The summed E-state index contributed by atoms with van der Waals surface area (Å²) in [5.74, 6) is 0.168. The highest BCUT2D eigenvalue weighted by Gasteiger charge is 2.20. The zero-order valence-corrected chi connectivity index (χ0v) is 8.57. The van der Waals surface area contributed by atoms with Crippen LogP contribution in [0.25, 0.3) is 0 Å². The van der Waals surface area contributed by atoms with Gasteiger partial charge in [0.25, 0.3) is 0 Å². The third-order valence-electron chi connectivity index (χ3n) is 1.93. The zero-order valence-electron chi connectivity index (χ0n) is 7.81. The molecule has 0 fully saturated rings. The molecule has 0 aromatic carbocycles. The van der Waals surface area contributed by atoms with Crippen LogP contribution in [-0.2, 0) is 0 Å². The quantitative estimate of drug-likeness (QED) is 0.647. The molecule has 0 saturated heterocycles. The first-order valence-electron chi connectivity index (χ1n) is 4.20. The van der Waals surface area contributed by atoms with Crippen LogP contribution in [0.15, 0.2) is 12.3 Å². The van der Waals surface area contributed by atoms with Crippen molar-refractivity contribution in [2.75, 3.05) is 11.6 Å². The van der Waals surface area contributed by atoms with Crippen LogP contribution in [0.2, 0.25) is 0 Å². The van der Waals surface area contributed by atoms with Gasteiger partial charge in [-0.15, -0.1) is 11.6 Å². The molecule has 0 bridgehead atoms. The van der Waals surface area contributed by atoms with E-state index in [1.165, 1.54) is 0 Å². The normalized spacial score (nSPS) is 15.1. The highest BCUT2D eigenvalue weighted by Crippen LogP contribution is 2.22. The first kappa shape index (κ1) is 11.2. The smallest absolute Gasteiger partial charge is 0.129 e. The van der Waals surface area contributed by atoms with E-state index in [1.54, 1.807) is 12.3 Å². The number of halogens is 1. The van der Waals surface area contributed by atoms with Gasteiger partial charge in [0.05, 0.1) is 12.0 Å². The van der Waals surface area contributed by atoms with Crippen LogP contribution in [0.3, 0.4) is 0 Å². The second-order valence-electron chi connectivity index (χ2n) is 3.15. The molecule has 0 amide bonds. The SMILES string of the molecule is Cc1cnc(N)c(C(O)C(O)CCl)c1. The predicted octanol–water partition coefficient (Wildman–Crippen LogP) is 0.605. The predicted molar refractivity (Wildman–Crippen MR) is 55.1 cm³/mol. The van der Waals surface area contributed by atoms with Crippen molar-refractivity contribution in [3.8, 4) is 0 Å². The molecule has 4 nitrogen and oxygen atoms in total. The molecule has 1 heterocycles. The Morgan fingerprint density at radius 3 is 2.79 bits per heavy atom. The number of alkyl halides is 1. The van der Waals surface area contributed by atoms with Gasteiger partial charge < -0.3 is 15.9 Å². The van der Waals surface area contributed by atoms with Gasteiger partial charge >= 0.3 is 0 Å². The number of pyridine rings is 1. The second kappa shape index (κ2) is 4.59. The van der Waals surface area contributed by atoms with Crippen molar-refractivity contribution in [1.82, 2.24) is 4.98 Å². The van der Waals surface area contributed by atoms with E-state index in [1.807, 2.05) is 6.92 Å². The minimum atomic E-state index is -1.08. The molecule has 0 aliphatic rings. The Morgan fingerprint density at radius 2 is 2.21 bits per heavy atom. The lowest BCUT2D eigenvalue weighted by Crippen LogP contribution is -2.21. The molecule has 0 aliphatic heterocycles. The number of aliphatic hydroxyl groups is 2. The van der Waals surface area contributed by atoms with E-state index >= 15 is 0 Å². The van der Waals surface area contributed by atoms with E-state index in [0.29, 0.717) is 5.56 Å². The van der Waals surface area contributed by atoms with Gasteiger partial charge in [0.15, 0.2) is 0 Å². The summed E-state index contributed by atoms with van der Waals surface area (Å²) in [4.78, 5) is 3.88. The third-order valence-corrected chi connectivity index (χ3v) is 2.24. The lowest BCUT2D eigenvalue weighted by Gasteiger charge is -2.17. The van der Waals surface area contributed by atoms with Gasteiger partial charge in [-0.25, -0.2) is 4.98 Å². The number of nitrogen functional groups attached to an aromatic ring is 1. The van der Waals surface area contributed by atoms with Crippen LogP contribution in [0, 0.1) is 6.92 Å². The van der Waals surface area contributed by atoms with Crippen LogP contribution in [0.4, 0.5) is 5.82 Å². The van der Waals surface area contributed by atoms with E-state index in [-0.39, 0.29) is 11.7 Å². The van der Waals surface area contributed by atoms with Crippen molar-refractivity contribution in [2.24, 2.45) is 0 Å². The number of aliphatic hydroxyl groups excluding tert-OH is 2. The minimum Gasteiger partial charge on any atom is -0.389 e. The highest BCUT2D eigenvalue weighted by molar-refractivity contribution is 6.18. The van der Waals surface area contributed by atoms with Gasteiger partial charge in [-0.2, -0.15) is 0 Å². The van der Waals surface area contributed by atoms with Crippen molar-refractivity contribution in [3.05, 3.63) is 23.4 Å². The summed E-state index contributed by atoms with van der Waals surface area (Å²) in [7, 11) is 0. The molecule has 0 spiro atoms. The molecule has 1 aromatic heterocycles. The summed E-state index contributed by atoms with van der Waals surface area (Å²) in [5, 5.41) is 19.0. The Bertz CT molecular complexity index is 320. The second-order valence-corrected chi connectivity index (χ2v) is 3.46. The lowest BCUT2D eigenvalue weighted by atomic mass is 10.0. The first-order chi connectivity index (χ1) is 6.56. The number of anilines is 1. The number of aryl methyl sites for hydroxylation is 1. The Kier molecular flexibility index (Phi) is 3.69. The summed E-state index contributed by atoms with van der Waals surface area (Å²) in [6, 6.07) is 1.68. The van der Waals surface area contributed by atoms with Gasteiger partial charge in [-0.05, 0) is 18.6 Å². The van der Waals surface area contributed by atoms with E-state index in [0.717, 1.165) is 5.56 Å². The summed E-state index contributed by atoms with van der Waals surface area (Å²) in [5.41, 5.74) is 6.84. The fraction of sp³-hybridized carbons (Fsp3) is 0.444. The topological polar surface area (TPSA) is 79.4 Å². The number of aromatic nitrogens is 1. The van der Waals surface area contributed by atoms with Crippen molar-refractivity contribution < 1.29 is 10.2 Å². The Labute approximate surface area is 87.3 Å². The van der Waals surface area contributed by atoms with Crippen molar-refractivity contribution in [2.45, 2.75) is 19.1 Å². The van der Waals surface area contributed by atoms with Crippen molar-refractivity contribution >= 4 is 17.4 Å². The summed E-state index contributed by atoms with van der Waals surface area (Å²) >= 11 is 5.42. The average Bonchev–Trinajstić information content (AvgIpc) is 2.19. The summed E-state index contributed by atoms with van der Waals surface area (Å²) < 4.78 is 0. The Balaban J connectivity index is 2.99. The van der Waals surface area contributed by atoms with Gasteiger partial charge in [0, 0.05) is 11.8 Å². The van der Waals surface area contributed by atoms with Crippen LogP contribution in [0.1, 0.15) is 17.2 Å². The number of hydrogen-bond acceptors (Lipinski definition) is 4.